The summed E-state index contributed by atoms with van der Waals surface area (Å²) in [6, 6.07) is 11.7. The monoisotopic (exact) mass is 253 g/mol. The molecule has 0 radical (unpaired) electrons. The van der Waals surface area contributed by atoms with E-state index in [1.165, 1.54) is 12.1 Å². The number of aromatic nitrogens is 1. The van der Waals surface area contributed by atoms with Crippen molar-refractivity contribution < 1.29 is 9.90 Å². The number of nitrogens with zero attached hydrogens (tertiary/aromatic N) is 2. The summed E-state index contributed by atoms with van der Waals surface area (Å²) in [4.78, 5) is 15.1. The van der Waals surface area contributed by atoms with Gasteiger partial charge in [-0.25, -0.2) is 9.78 Å². The van der Waals surface area contributed by atoms with Crippen molar-refractivity contribution in [3.8, 4) is 6.07 Å². The first-order valence-electron chi connectivity index (χ1n) is 5.57. The molecule has 0 unspecified atom stereocenters. The van der Waals surface area contributed by atoms with E-state index in [1.807, 2.05) is 6.07 Å². The Morgan fingerprint density at radius 1 is 1.37 bits per heavy atom. The molecule has 5 heteroatoms. The Bertz CT molecular complexity index is 675. The minimum atomic E-state index is -0.987. The van der Waals surface area contributed by atoms with E-state index in [9.17, 15) is 4.79 Å². The maximum atomic E-state index is 10.9. The van der Waals surface area contributed by atoms with E-state index in [-0.39, 0.29) is 5.56 Å². The quantitative estimate of drug-likeness (QED) is 0.878. The Morgan fingerprint density at radius 3 is 2.84 bits per heavy atom. The largest absolute Gasteiger partial charge is 0.478 e. The number of nitriles is 1. The van der Waals surface area contributed by atoms with Crippen molar-refractivity contribution in [2.45, 2.75) is 6.92 Å². The van der Waals surface area contributed by atoms with E-state index in [1.54, 1.807) is 31.2 Å². The van der Waals surface area contributed by atoms with Crippen LogP contribution in [0.5, 0.6) is 0 Å². The van der Waals surface area contributed by atoms with Crippen LogP contribution in [-0.4, -0.2) is 16.1 Å². The van der Waals surface area contributed by atoms with E-state index in [2.05, 4.69) is 10.3 Å². The van der Waals surface area contributed by atoms with Crippen LogP contribution in [0, 0.1) is 18.3 Å². The predicted molar refractivity (Wildman–Crippen MR) is 70.4 cm³/mol. The molecular formula is C14H11N3O2. The zero-order valence-electron chi connectivity index (χ0n) is 10.2. The van der Waals surface area contributed by atoms with Crippen LogP contribution in [0.2, 0.25) is 0 Å². The van der Waals surface area contributed by atoms with E-state index < -0.39 is 5.97 Å². The number of rotatable bonds is 3. The lowest BCUT2D eigenvalue weighted by Gasteiger charge is -2.07. The molecule has 0 aliphatic heterocycles. The zero-order chi connectivity index (χ0) is 13.8. The molecule has 19 heavy (non-hydrogen) atoms. The van der Waals surface area contributed by atoms with Gasteiger partial charge in [-0.05, 0) is 37.3 Å². The summed E-state index contributed by atoms with van der Waals surface area (Å²) in [5.41, 5.74) is 2.03. The normalized spacial score (nSPS) is 9.68. The third-order valence-electron chi connectivity index (χ3n) is 2.46. The van der Waals surface area contributed by atoms with Gasteiger partial charge in [-0.1, -0.05) is 6.07 Å². The maximum absolute atomic E-state index is 10.9. The average Bonchev–Trinajstić information content (AvgIpc) is 2.38. The summed E-state index contributed by atoms with van der Waals surface area (Å²) in [5, 5.41) is 20.8. The van der Waals surface area contributed by atoms with Crippen molar-refractivity contribution in [2.75, 3.05) is 5.32 Å². The molecule has 2 N–H and O–H groups in total. The molecule has 1 aromatic heterocycles. The van der Waals surface area contributed by atoms with E-state index in [0.717, 1.165) is 5.69 Å². The van der Waals surface area contributed by atoms with Crippen LogP contribution in [0.25, 0.3) is 0 Å². The van der Waals surface area contributed by atoms with Crippen LogP contribution in [-0.2, 0) is 0 Å². The van der Waals surface area contributed by atoms with Crippen molar-refractivity contribution in [3.05, 3.63) is 53.2 Å². The molecule has 1 aromatic carbocycles. The zero-order valence-corrected chi connectivity index (χ0v) is 10.2. The van der Waals surface area contributed by atoms with Gasteiger partial charge >= 0.3 is 5.97 Å². The molecule has 0 fully saturated rings. The highest BCUT2D eigenvalue weighted by atomic mass is 16.4. The molecule has 0 saturated heterocycles. The van der Waals surface area contributed by atoms with Crippen molar-refractivity contribution in [2.24, 2.45) is 0 Å². The van der Waals surface area contributed by atoms with Gasteiger partial charge in [-0.15, -0.1) is 0 Å². The Labute approximate surface area is 110 Å². The maximum Gasteiger partial charge on any atom is 0.335 e. The third kappa shape index (κ3) is 3.07. The van der Waals surface area contributed by atoms with Gasteiger partial charge in [0.1, 0.15) is 5.82 Å². The smallest absolute Gasteiger partial charge is 0.335 e. The molecule has 2 rings (SSSR count). The second kappa shape index (κ2) is 5.19. The van der Waals surface area contributed by atoms with Gasteiger partial charge in [0.05, 0.1) is 17.2 Å². The van der Waals surface area contributed by atoms with E-state index >= 15 is 0 Å². The lowest BCUT2D eigenvalue weighted by molar-refractivity contribution is 0.0697. The summed E-state index contributed by atoms with van der Waals surface area (Å²) in [5.74, 6) is -0.474. The number of carboxylic acid groups (broad SMARTS) is 1. The molecule has 0 bridgehead atoms. The number of carboxylic acids is 1. The number of aromatic carboxylic acids is 1. The second-order valence-electron chi connectivity index (χ2n) is 4.01. The van der Waals surface area contributed by atoms with Crippen molar-refractivity contribution in [1.82, 2.24) is 4.98 Å². The molecular weight excluding hydrogens is 242 g/mol. The molecule has 5 nitrogen and oxygen atoms in total. The number of anilines is 2. The number of pyridine rings is 1. The van der Waals surface area contributed by atoms with Crippen LogP contribution < -0.4 is 5.32 Å². The first kappa shape index (κ1) is 12.6. The Hall–Kier alpha value is -2.87. The molecule has 0 aliphatic rings. The summed E-state index contributed by atoms with van der Waals surface area (Å²) in [6.07, 6.45) is 0. The average molecular weight is 253 g/mol. The van der Waals surface area contributed by atoms with Gasteiger partial charge in [0.25, 0.3) is 0 Å². The molecule has 1 heterocycles. The molecule has 2 aromatic rings. The lowest BCUT2D eigenvalue weighted by Crippen LogP contribution is -1.99. The van der Waals surface area contributed by atoms with Gasteiger partial charge in [-0.3, -0.25) is 0 Å². The van der Waals surface area contributed by atoms with Crippen molar-refractivity contribution in [3.63, 3.8) is 0 Å². The topological polar surface area (TPSA) is 86.0 Å². The van der Waals surface area contributed by atoms with Crippen LogP contribution in [0.4, 0.5) is 11.5 Å². The SMILES string of the molecule is Cc1cc(C#N)cc(Nc2cccc(C(=O)O)c2)n1. The molecule has 0 amide bonds. The van der Waals surface area contributed by atoms with Crippen molar-refractivity contribution in [1.29, 1.82) is 5.26 Å². The molecule has 0 atom stereocenters. The highest BCUT2D eigenvalue weighted by Gasteiger charge is 2.05. The second-order valence-corrected chi connectivity index (χ2v) is 4.01. The first-order valence-corrected chi connectivity index (χ1v) is 5.57. The number of benzene rings is 1. The standard InChI is InChI=1S/C14H11N3O2/c1-9-5-10(8-15)6-13(16-9)17-12-4-2-3-11(7-12)14(18)19/h2-7H,1H3,(H,16,17)(H,18,19). The minimum Gasteiger partial charge on any atom is -0.478 e. The van der Waals surface area contributed by atoms with Gasteiger partial charge in [-0.2, -0.15) is 5.26 Å². The fourth-order valence-corrected chi connectivity index (χ4v) is 1.67. The fraction of sp³-hybridized carbons (Fsp3) is 0.0714. The number of hydrogen-bond donors (Lipinski definition) is 2. The van der Waals surface area contributed by atoms with Gasteiger partial charge in [0.15, 0.2) is 0 Å². The number of nitrogens with one attached hydrogen (secondary N) is 1. The minimum absolute atomic E-state index is 0.193. The number of aryl methyl sites for hydroxylation is 1. The highest BCUT2D eigenvalue weighted by Crippen LogP contribution is 2.17. The van der Waals surface area contributed by atoms with Gasteiger partial charge in [0.2, 0.25) is 0 Å². The van der Waals surface area contributed by atoms with Gasteiger partial charge in [0, 0.05) is 11.4 Å². The Kier molecular flexibility index (Phi) is 3.44. The molecule has 0 aliphatic carbocycles. The Morgan fingerprint density at radius 2 is 2.16 bits per heavy atom. The molecule has 94 valence electrons. The van der Waals surface area contributed by atoms with Gasteiger partial charge < -0.3 is 10.4 Å². The lowest BCUT2D eigenvalue weighted by atomic mass is 10.2. The molecule has 0 saturated carbocycles. The number of hydrogen-bond acceptors (Lipinski definition) is 4. The van der Waals surface area contributed by atoms with Crippen LogP contribution >= 0.6 is 0 Å². The Balaban J connectivity index is 2.31. The van der Waals surface area contributed by atoms with Crippen molar-refractivity contribution >= 4 is 17.5 Å². The third-order valence-corrected chi connectivity index (χ3v) is 2.46. The van der Waals surface area contributed by atoms with Crippen LogP contribution in [0.3, 0.4) is 0 Å². The molecule has 0 spiro atoms. The summed E-state index contributed by atoms with van der Waals surface area (Å²) in [6.45, 7) is 1.79. The summed E-state index contributed by atoms with van der Waals surface area (Å²) >= 11 is 0. The fourth-order valence-electron chi connectivity index (χ4n) is 1.67. The van der Waals surface area contributed by atoms with E-state index in [4.69, 9.17) is 10.4 Å². The van der Waals surface area contributed by atoms with Crippen LogP contribution in [0.1, 0.15) is 21.6 Å². The summed E-state index contributed by atoms with van der Waals surface area (Å²) in [7, 11) is 0. The van der Waals surface area contributed by atoms with Crippen LogP contribution in [0.15, 0.2) is 36.4 Å². The first-order chi connectivity index (χ1) is 9.08. The number of carbonyl (C=O) groups is 1. The summed E-state index contributed by atoms with van der Waals surface area (Å²) < 4.78 is 0. The predicted octanol–water partition coefficient (Wildman–Crippen LogP) is 2.70. The highest BCUT2D eigenvalue weighted by molar-refractivity contribution is 5.89. The van der Waals surface area contributed by atoms with E-state index in [0.29, 0.717) is 17.1 Å².